The Balaban J connectivity index is 1.83. The summed E-state index contributed by atoms with van der Waals surface area (Å²) in [6.45, 7) is 0. The van der Waals surface area contributed by atoms with Crippen molar-refractivity contribution in [1.82, 2.24) is 14.8 Å². The van der Waals surface area contributed by atoms with Crippen molar-refractivity contribution in [3.8, 4) is 5.75 Å². The number of benzene rings is 2. The molecule has 0 radical (unpaired) electrons. The first-order chi connectivity index (χ1) is 13.0. The van der Waals surface area contributed by atoms with Crippen LogP contribution >= 0.6 is 11.6 Å². The number of halogens is 2. The molecule has 0 bridgehead atoms. The quantitative estimate of drug-likeness (QED) is 0.580. The molecule has 0 aliphatic heterocycles. The molecule has 0 amide bonds. The maximum absolute atomic E-state index is 14.0. The molecular weight excluding hydrogens is 371 g/mol. The van der Waals surface area contributed by atoms with E-state index < -0.39 is 11.7 Å². The van der Waals surface area contributed by atoms with Crippen LogP contribution < -0.4 is 10.5 Å². The van der Waals surface area contributed by atoms with Crippen LogP contribution in [0.15, 0.2) is 42.5 Å². The van der Waals surface area contributed by atoms with Crippen LogP contribution in [0.3, 0.4) is 0 Å². The van der Waals surface area contributed by atoms with Crippen molar-refractivity contribution in [3.05, 3.63) is 58.9 Å². The number of carbonyl (C=O) groups excluding carboxylic acids is 1. The van der Waals surface area contributed by atoms with E-state index in [9.17, 15) is 9.18 Å². The molecule has 0 aliphatic rings. The minimum Gasteiger partial charge on any atom is -0.497 e. The minimum atomic E-state index is -0.552. The van der Waals surface area contributed by atoms with E-state index >= 15 is 0 Å². The van der Waals surface area contributed by atoms with Crippen LogP contribution in [0.25, 0.3) is 21.9 Å². The zero-order chi connectivity index (χ0) is 19.1. The van der Waals surface area contributed by atoms with E-state index in [2.05, 4.69) is 10.1 Å². The lowest BCUT2D eigenvalue weighted by molar-refractivity contribution is 0.0902. The van der Waals surface area contributed by atoms with Crippen molar-refractivity contribution >= 4 is 45.3 Å². The number of hydrogen-bond donors (Lipinski definition) is 1. The maximum atomic E-state index is 14.0. The standard InChI is InChI=1S/C19H14ClFN4O2/c1-27-11-6-5-10-7-13-18(22)24-25(19(13)23-16(10)8-11)17(26)9-12-14(20)3-2-4-15(12)21/h2-8H,9H2,1H3,(H2,22,24). The molecule has 0 aliphatic carbocycles. The van der Waals surface area contributed by atoms with Gasteiger partial charge in [0.05, 0.1) is 24.4 Å². The topological polar surface area (TPSA) is 83.0 Å². The van der Waals surface area contributed by atoms with Gasteiger partial charge >= 0.3 is 0 Å². The molecule has 4 aromatic rings. The SMILES string of the molecule is COc1ccc2cc3c(N)nn(C(=O)Cc4c(F)cccc4Cl)c3nc2c1. The van der Waals surface area contributed by atoms with E-state index in [-0.39, 0.29) is 22.8 Å². The van der Waals surface area contributed by atoms with Gasteiger partial charge in [-0.15, -0.1) is 5.10 Å². The fourth-order valence-corrected chi connectivity index (χ4v) is 3.15. The number of aromatic nitrogens is 3. The molecule has 0 unspecified atom stereocenters. The molecule has 0 saturated carbocycles. The van der Waals surface area contributed by atoms with Gasteiger partial charge in [-0.1, -0.05) is 17.7 Å². The van der Waals surface area contributed by atoms with Crippen molar-refractivity contribution < 1.29 is 13.9 Å². The minimum absolute atomic E-state index is 0.105. The summed E-state index contributed by atoms with van der Waals surface area (Å²) in [5, 5.41) is 5.65. The summed E-state index contributed by atoms with van der Waals surface area (Å²) < 4.78 is 20.3. The lowest BCUT2D eigenvalue weighted by atomic mass is 10.1. The van der Waals surface area contributed by atoms with Crippen LogP contribution in [0.4, 0.5) is 10.2 Å². The third-order valence-corrected chi connectivity index (χ3v) is 4.67. The van der Waals surface area contributed by atoms with E-state index in [1.165, 1.54) is 18.2 Å². The largest absolute Gasteiger partial charge is 0.497 e. The van der Waals surface area contributed by atoms with Crippen LogP contribution in [0.1, 0.15) is 10.4 Å². The first kappa shape index (κ1) is 17.2. The predicted octanol–water partition coefficient (Wildman–Crippen LogP) is 3.85. The van der Waals surface area contributed by atoms with Gasteiger partial charge in [0.1, 0.15) is 11.6 Å². The van der Waals surface area contributed by atoms with Gasteiger partial charge in [0.2, 0.25) is 0 Å². The molecular formula is C19H14ClFN4O2. The number of pyridine rings is 1. The summed E-state index contributed by atoms with van der Waals surface area (Å²) in [7, 11) is 1.56. The second-order valence-corrected chi connectivity index (χ2v) is 6.39. The van der Waals surface area contributed by atoms with Gasteiger partial charge in [-0.25, -0.2) is 9.37 Å². The van der Waals surface area contributed by atoms with E-state index in [0.29, 0.717) is 22.3 Å². The van der Waals surface area contributed by atoms with Gasteiger partial charge in [0.25, 0.3) is 5.91 Å². The average Bonchev–Trinajstić information content (AvgIpc) is 2.98. The number of nitrogens with zero attached hydrogens (tertiary/aromatic N) is 3. The molecule has 136 valence electrons. The zero-order valence-corrected chi connectivity index (χ0v) is 15.0. The van der Waals surface area contributed by atoms with E-state index in [4.69, 9.17) is 22.1 Å². The molecule has 0 atom stereocenters. The van der Waals surface area contributed by atoms with Crippen LogP contribution in [0.5, 0.6) is 5.75 Å². The number of nitrogens with two attached hydrogens (primary N) is 1. The molecule has 27 heavy (non-hydrogen) atoms. The lowest BCUT2D eigenvalue weighted by Gasteiger charge is -2.06. The highest BCUT2D eigenvalue weighted by Crippen LogP contribution is 2.27. The Kier molecular flexibility index (Phi) is 4.16. The number of rotatable bonds is 3. The number of fused-ring (bicyclic) bond motifs is 2. The van der Waals surface area contributed by atoms with Crippen molar-refractivity contribution in [2.75, 3.05) is 12.8 Å². The summed E-state index contributed by atoms with van der Waals surface area (Å²) in [6, 6.07) is 11.5. The summed E-state index contributed by atoms with van der Waals surface area (Å²) in [5.74, 6) is -0.233. The Hall–Kier alpha value is -3.19. The molecule has 0 saturated heterocycles. The molecule has 6 nitrogen and oxygen atoms in total. The molecule has 0 fully saturated rings. The first-order valence-corrected chi connectivity index (χ1v) is 8.45. The highest BCUT2D eigenvalue weighted by Gasteiger charge is 2.19. The molecule has 2 aromatic heterocycles. The van der Waals surface area contributed by atoms with Gasteiger partial charge in [-0.2, -0.15) is 4.68 Å². The highest BCUT2D eigenvalue weighted by molar-refractivity contribution is 6.31. The van der Waals surface area contributed by atoms with Crippen LogP contribution in [-0.4, -0.2) is 27.8 Å². The first-order valence-electron chi connectivity index (χ1n) is 8.07. The average molecular weight is 385 g/mol. The van der Waals surface area contributed by atoms with Gasteiger partial charge in [-0.05, 0) is 30.3 Å². The fraction of sp³-hybridized carbons (Fsp3) is 0.105. The van der Waals surface area contributed by atoms with Crippen molar-refractivity contribution in [1.29, 1.82) is 0 Å². The second kappa shape index (κ2) is 6.51. The Labute approximate surface area is 158 Å². The number of ether oxygens (including phenoxy) is 1. The fourth-order valence-electron chi connectivity index (χ4n) is 2.92. The van der Waals surface area contributed by atoms with E-state index in [1.807, 2.05) is 12.1 Å². The number of carbonyl (C=O) groups is 1. The molecule has 2 aromatic carbocycles. The van der Waals surface area contributed by atoms with Crippen LogP contribution in [0, 0.1) is 5.82 Å². The van der Waals surface area contributed by atoms with Crippen LogP contribution in [0.2, 0.25) is 5.02 Å². The summed E-state index contributed by atoms with van der Waals surface area (Å²) in [6.07, 6.45) is -0.264. The van der Waals surface area contributed by atoms with Gasteiger partial charge < -0.3 is 10.5 Å². The van der Waals surface area contributed by atoms with Crippen molar-refractivity contribution in [2.24, 2.45) is 0 Å². The summed E-state index contributed by atoms with van der Waals surface area (Å²) in [5.41, 5.74) is 6.99. The van der Waals surface area contributed by atoms with E-state index in [0.717, 1.165) is 10.1 Å². The van der Waals surface area contributed by atoms with E-state index in [1.54, 1.807) is 19.2 Å². The Bertz CT molecular complexity index is 1190. The Morgan fingerprint density at radius 3 is 2.85 bits per heavy atom. The Morgan fingerprint density at radius 2 is 2.11 bits per heavy atom. The number of anilines is 1. The van der Waals surface area contributed by atoms with Crippen LogP contribution in [-0.2, 0) is 6.42 Å². The second-order valence-electron chi connectivity index (χ2n) is 5.99. The van der Waals surface area contributed by atoms with Gasteiger partial charge in [-0.3, -0.25) is 4.79 Å². The normalized spacial score (nSPS) is 11.2. The Morgan fingerprint density at radius 1 is 1.30 bits per heavy atom. The summed E-state index contributed by atoms with van der Waals surface area (Å²) >= 11 is 6.02. The molecule has 0 spiro atoms. The maximum Gasteiger partial charge on any atom is 0.253 e. The summed E-state index contributed by atoms with van der Waals surface area (Å²) in [4.78, 5) is 17.3. The lowest BCUT2D eigenvalue weighted by Crippen LogP contribution is -2.17. The number of methoxy groups -OCH3 is 1. The smallest absolute Gasteiger partial charge is 0.253 e. The number of nitrogen functional groups attached to an aromatic ring is 1. The van der Waals surface area contributed by atoms with Crippen molar-refractivity contribution in [3.63, 3.8) is 0 Å². The molecule has 2 N–H and O–H groups in total. The van der Waals surface area contributed by atoms with Gasteiger partial charge in [0.15, 0.2) is 11.5 Å². The van der Waals surface area contributed by atoms with Crippen molar-refractivity contribution in [2.45, 2.75) is 6.42 Å². The zero-order valence-electron chi connectivity index (χ0n) is 14.2. The molecule has 4 rings (SSSR count). The monoisotopic (exact) mass is 384 g/mol. The third-order valence-electron chi connectivity index (χ3n) is 4.31. The molecule has 8 heteroatoms. The number of hydrogen-bond acceptors (Lipinski definition) is 5. The highest BCUT2D eigenvalue weighted by atomic mass is 35.5. The predicted molar refractivity (Wildman–Crippen MR) is 102 cm³/mol. The third kappa shape index (κ3) is 2.96. The van der Waals surface area contributed by atoms with Gasteiger partial charge in [0, 0.05) is 22.0 Å². The molecule has 2 heterocycles.